The molecule has 0 aliphatic carbocycles. The topological polar surface area (TPSA) is 119 Å². The maximum atomic E-state index is 4.87. The molecule has 0 radical (unpaired) electrons. The van der Waals surface area contributed by atoms with Crippen LogP contribution in [0.2, 0.25) is 0 Å². The molecule has 0 fully saturated rings. The summed E-state index contributed by atoms with van der Waals surface area (Å²) in [6.45, 7) is 6.43. The van der Waals surface area contributed by atoms with Crippen molar-refractivity contribution in [3.8, 4) is 23.2 Å². The van der Waals surface area contributed by atoms with Crippen molar-refractivity contribution >= 4 is 5.82 Å². The SMILES string of the molecule is CC[C@@H]1c2nncn2-c2cnc(-n3ncnc3-c3ccn[nH]3)nc2N1C(C)C. The van der Waals surface area contributed by atoms with E-state index >= 15 is 0 Å². The van der Waals surface area contributed by atoms with Crippen molar-refractivity contribution in [2.75, 3.05) is 4.90 Å². The first-order valence-corrected chi connectivity index (χ1v) is 9.14. The van der Waals surface area contributed by atoms with Crippen molar-refractivity contribution in [2.24, 2.45) is 0 Å². The molecule has 4 aromatic rings. The maximum Gasteiger partial charge on any atom is 0.254 e. The minimum Gasteiger partial charge on any atom is -0.342 e. The van der Waals surface area contributed by atoms with Gasteiger partial charge in [0.15, 0.2) is 17.5 Å². The van der Waals surface area contributed by atoms with Crippen LogP contribution < -0.4 is 4.90 Å². The highest BCUT2D eigenvalue weighted by Crippen LogP contribution is 2.39. The molecule has 5 rings (SSSR count). The molecule has 0 unspecified atom stereocenters. The number of rotatable bonds is 4. The monoisotopic (exact) mass is 377 g/mol. The van der Waals surface area contributed by atoms with Crippen molar-refractivity contribution in [1.29, 1.82) is 0 Å². The summed E-state index contributed by atoms with van der Waals surface area (Å²) in [6.07, 6.45) is 7.53. The molecule has 28 heavy (non-hydrogen) atoms. The highest BCUT2D eigenvalue weighted by Gasteiger charge is 2.35. The molecular weight excluding hydrogens is 358 g/mol. The lowest BCUT2D eigenvalue weighted by Gasteiger charge is -2.39. The van der Waals surface area contributed by atoms with Gasteiger partial charge in [0.05, 0.1) is 12.2 Å². The summed E-state index contributed by atoms with van der Waals surface area (Å²) in [4.78, 5) is 16.0. The van der Waals surface area contributed by atoms with Crippen molar-refractivity contribution in [3.63, 3.8) is 0 Å². The van der Waals surface area contributed by atoms with Crippen LogP contribution in [0.25, 0.3) is 23.2 Å². The van der Waals surface area contributed by atoms with E-state index in [4.69, 9.17) is 4.98 Å². The number of nitrogens with one attached hydrogen (secondary N) is 1. The first-order valence-electron chi connectivity index (χ1n) is 9.14. The van der Waals surface area contributed by atoms with Gasteiger partial charge in [-0.25, -0.2) is 9.97 Å². The molecule has 5 heterocycles. The van der Waals surface area contributed by atoms with Gasteiger partial charge in [0.2, 0.25) is 0 Å². The second-order valence-electron chi connectivity index (χ2n) is 6.83. The summed E-state index contributed by atoms with van der Waals surface area (Å²) in [6, 6.07) is 2.14. The Kier molecular flexibility index (Phi) is 3.67. The average Bonchev–Trinajstić information content (AvgIpc) is 3.46. The largest absolute Gasteiger partial charge is 0.342 e. The smallest absolute Gasteiger partial charge is 0.254 e. The summed E-state index contributed by atoms with van der Waals surface area (Å²) in [5, 5.41) is 19.7. The van der Waals surface area contributed by atoms with Crippen LogP contribution in [0, 0.1) is 0 Å². The van der Waals surface area contributed by atoms with Gasteiger partial charge in [0.1, 0.15) is 24.0 Å². The quantitative estimate of drug-likeness (QED) is 0.571. The van der Waals surface area contributed by atoms with Crippen LogP contribution in [-0.2, 0) is 0 Å². The molecule has 0 saturated carbocycles. The van der Waals surface area contributed by atoms with Crippen LogP contribution in [0.15, 0.2) is 31.1 Å². The second kappa shape index (κ2) is 6.22. The molecule has 11 nitrogen and oxygen atoms in total. The van der Waals surface area contributed by atoms with Gasteiger partial charge in [-0.15, -0.1) is 10.2 Å². The Morgan fingerprint density at radius 2 is 2.14 bits per heavy atom. The summed E-state index contributed by atoms with van der Waals surface area (Å²) in [5.41, 5.74) is 1.59. The fraction of sp³-hybridized carbons (Fsp3) is 0.353. The Labute approximate surface area is 160 Å². The molecule has 0 amide bonds. The normalized spacial score (nSPS) is 15.7. The molecule has 0 aromatic carbocycles. The van der Waals surface area contributed by atoms with E-state index < -0.39 is 0 Å². The second-order valence-corrected chi connectivity index (χ2v) is 6.83. The van der Waals surface area contributed by atoms with Crippen LogP contribution in [0.4, 0.5) is 5.82 Å². The van der Waals surface area contributed by atoms with E-state index in [9.17, 15) is 0 Å². The van der Waals surface area contributed by atoms with E-state index in [1.54, 1.807) is 23.4 Å². The molecule has 1 atom stereocenters. The molecule has 1 aliphatic rings. The summed E-state index contributed by atoms with van der Waals surface area (Å²) >= 11 is 0. The van der Waals surface area contributed by atoms with Gasteiger partial charge in [-0.3, -0.25) is 9.67 Å². The fourth-order valence-corrected chi connectivity index (χ4v) is 3.68. The van der Waals surface area contributed by atoms with E-state index in [1.165, 1.54) is 6.33 Å². The van der Waals surface area contributed by atoms with Crippen molar-refractivity contribution in [2.45, 2.75) is 39.3 Å². The highest BCUT2D eigenvalue weighted by molar-refractivity contribution is 5.63. The highest BCUT2D eigenvalue weighted by atomic mass is 15.4. The standard InChI is InChI=1S/C17H19N11/c1-4-12-16-25-21-9-26(16)13-7-18-17(23-15(13)27(12)10(2)3)28-14(19-8-22-28)11-5-6-20-24-11/h5-10,12H,4H2,1-3H3,(H,20,24)/t12-/m1/s1. The number of hydrogen-bond donors (Lipinski definition) is 1. The molecule has 0 spiro atoms. The third-order valence-electron chi connectivity index (χ3n) is 4.87. The Morgan fingerprint density at radius 1 is 1.25 bits per heavy atom. The minimum absolute atomic E-state index is 0.0839. The molecular formula is C17H19N11. The first kappa shape index (κ1) is 16.5. The Balaban J connectivity index is 1.69. The lowest BCUT2D eigenvalue weighted by atomic mass is 10.1. The number of H-pyrrole nitrogens is 1. The van der Waals surface area contributed by atoms with Gasteiger partial charge in [0.25, 0.3) is 5.95 Å². The Bertz CT molecular complexity index is 1110. The summed E-state index contributed by atoms with van der Waals surface area (Å²) in [7, 11) is 0. The zero-order valence-electron chi connectivity index (χ0n) is 15.7. The van der Waals surface area contributed by atoms with Crippen LogP contribution in [-0.4, -0.2) is 55.7 Å². The third-order valence-corrected chi connectivity index (χ3v) is 4.87. The van der Waals surface area contributed by atoms with E-state index in [2.05, 4.69) is 61.1 Å². The van der Waals surface area contributed by atoms with Crippen LogP contribution in [0.1, 0.15) is 39.1 Å². The molecule has 11 heteroatoms. The van der Waals surface area contributed by atoms with E-state index in [0.29, 0.717) is 11.8 Å². The predicted molar refractivity (Wildman–Crippen MR) is 100 cm³/mol. The molecule has 0 saturated heterocycles. The summed E-state index contributed by atoms with van der Waals surface area (Å²) in [5.74, 6) is 2.77. The fourth-order valence-electron chi connectivity index (χ4n) is 3.68. The number of anilines is 1. The lowest BCUT2D eigenvalue weighted by Crippen LogP contribution is -2.40. The van der Waals surface area contributed by atoms with Crippen molar-refractivity contribution in [1.82, 2.24) is 49.7 Å². The third kappa shape index (κ3) is 2.32. The molecule has 1 N–H and O–H groups in total. The van der Waals surface area contributed by atoms with Gasteiger partial charge < -0.3 is 4.90 Å². The predicted octanol–water partition coefficient (Wildman–Crippen LogP) is 1.71. The van der Waals surface area contributed by atoms with Crippen LogP contribution in [0.5, 0.6) is 0 Å². The van der Waals surface area contributed by atoms with Gasteiger partial charge in [-0.05, 0) is 26.3 Å². The number of hydrogen-bond acceptors (Lipinski definition) is 8. The zero-order chi connectivity index (χ0) is 19.3. The lowest BCUT2D eigenvalue weighted by molar-refractivity contribution is 0.496. The van der Waals surface area contributed by atoms with Crippen LogP contribution in [0.3, 0.4) is 0 Å². The van der Waals surface area contributed by atoms with Crippen molar-refractivity contribution in [3.05, 3.63) is 36.9 Å². The minimum atomic E-state index is 0.0839. The average molecular weight is 377 g/mol. The number of aromatic amines is 1. The number of aromatic nitrogens is 10. The van der Waals surface area contributed by atoms with Gasteiger partial charge in [0, 0.05) is 12.2 Å². The van der Waals surface area contributed by atoms with E-state index in [0.717, 1.165) is 29.4 Å². The molecule has 0 bridgehead atoms. The zero-order valence-corrected chi connectivity index (χ0v) is 15.7. The number of nitrogens with zero attached hydrogens (tertiary/aromatic N) is 10. The van der Waals surface area contributed by atoms with Gasteiger partial charge >= 0.3 is 0 Å². The van der Waals surface area contributed by atoms with E-state index in [-0.39, 0.29) is 12.1 Å². The van der Waals surface area contributed by atoms with Gasteiger partial charge in [-0.1, -0.05) is 6.92 Å². The first-order chi connectivity index (χ1) is 13.7. The molecule has 142 valence electrons. The van der Waals surface area contributed by atoms with Crippen LogP contribution >= 0.6 is 0 Å². The number of fused-ring (bicyclic) bond motifs is 3. The molecule has 4 aromatic heterocycles. The van der Waals surface area contributed by atoms with Crippen molar-refractivity contribution < 1.29 is 0 Å². The molecule has 1 aliphatic heterocycles. The Hall–Kier alpha value is -3.63. The Morgan fingerprint density at radius 3 is 2.89 bits per heavy atom. The van der Waals surface area contributed by atoms with E-state index in [1.807, 2.05) is 10.6 Å². The summed E-state index contributed by atoms with van der Waals surface area (Å²) < 4.78 is 3.57. The van der Waals surface area contributed by atoms with Gasteiger partial charge in [-0.2, -0.15) is 19.9 Å². The maximum absolute atomic E-state index is 4.87.